The molecule has 0 aliphatic carbocycles. The Kier molecular flexibility index (Phi) is 8.39. The zero-order valence-electron chi connectivity index (χ0n) is 17.1. The molecule has 0 aromatic rings. The van der Waals surface area contributed by atoms with Gasteiger partial charge in [0.25, 0.3) is 0 Å². The number of carbonyl (C=O) groups is 1. The van der Waals surface area contributed by atoms with Crippen LogP contribution in [0.1, 0.15) is 61.8 Å². The molecular weight excluding hydrogens is 320 g/mol. The van der Waals surface area contributed by atoms with Crippen LogP contribution in [0.5, 0.6) is 0 Å². The van der Waals surface area contributed by atoms with Gasteiger partial charge in [0, 0.05) is 18.5 Å². The van der Waals surface area contributed by atoms with Gasteiger partial charge in [0.1, 0.15) is 11.8 Å². The molecular formula is C18H36N2O3Si. The molecule has 0 amide bonds. The Morgan fingerprint density at radius 3 is 2.12 bits per heavy atom. The third kappa shape index (κ3) is 8.10. The molecule has 6 heteroatoms. The van der Waals surface area contributed by atoms with Crippen molar-refractivity contribution in [2.45, 2.75) is 91.8 Å². The third-order valence-electron chi connectivity index (χ3n) is 3.90. The van der Waals surface area contributed by atoms with Gasteiger partial charge in [0.05, 0.1) is 0 Å². The molecule has 24 heavy (non-hydrogen) atoms. The summed E-state index contributed by atoms with van der Waals surface area (Å²) in [7, 11) is -1.94. The molecule has 0 aliphatic heterocycles. The van der Waals surface area contributed by atoms with E-state index in [1.54, 1.807) is 17.4 Å². The molecule has 0 aliphatic rings. The van der Waals surface area contributed by atoms with Crippen LogP contribution in [0.15, 0.2) is 17.4 Å². The van der Waals surface area contributed by atoms with E-state index in [2.05, 4.69) is 45.9 Å². The van der Waals surface area contributed by atoms with E-state index in [0.29, 0.717) is 0 Å². The molecule has 140 valence electrons. The van der Waals surface area contributed by atoms with Crippen molar-refractivity contribution in [2.24, 2.45) is 5.10 Å². The van der Waals surface area contributed by atoms with Crippen molar-refractivity contribution in [2.75, 3.05) is 0 Å². The van der Waals surface area contributed by atoms with Gasteiger partial charge in [-0.05, 0) is 52.2 Å². The lowest BCUT2D eigenvalue weighted by atomic mass is 10.2. The number of ether oxygens (including phenoxy) is 1. The van der Waals surface area contributed by atoms with Crippen molar-refractivity contribution < 1.29 is 14.0 Å². The quantitative estimate of drug-likeness (QED) is 0.162. The minimum atomic E-state index is -1.94. The minimum Gasteiger partial charge on any atom is -0.457 e. The standard InChI is InChI=1S/C18H36N2O3Si/c1-11-15(23-24(9,10)18(6,7)8)20(19-12-2)14-13-16(21)22-17(3,4)5/h12-15H,11H2,1-10H3/b14-13-,19-12-. The maximum Gasteiger partial charge on any atom is 0.332 e. The Bertz CT molecular complexity index is 460. The lowest BCUT2D eigenvalue weighted by Crippen LogP contribution is -2.47. The Balaban J connectivity index is 5.23. The molecule has 0 aromatic heterocycles. The van der Waals surface area contributed by atoms with Crippen molar-refractivity contribution in [3.8, 4) is 0 Å². The first kappa shape index (κ1) is 22.9. The number of nitrogens with zero attached hydrogens (tertiary/aromatic N) is 2. The highest BCUT2D eigenvalue weighted by atomic mass is 28.4. The van der Waals surface area contributed by atoms with Crippen molar-refractivity contribution in [1.82, 2.24) is 5.01 Å². The molecule has 1 atom stereocenters. The fourth-order valence-electron chi connectivity index (χ4n) is 1.66. The van der Waals surface area contributed by atoms with Gasteiger partial charge < -0.3 is 9.16 Å². The van der Waals surface area contributed by atoms with Crippen LogP contribution >= 0.6 is 0 Å². The normalized spacial score (nSPS) is 15.1. The van der Waals surface area contributed by atoms with Crippen LogP contribution in [-0.4, -0.2) is 37.3 Å². The lowest BCUT2D eigenvalue weighted by molar-refractivity contribution is -0.148. The van der Waals surface area contributed by atoms with Crippen LogP contribution in [0.4, 0.5) is 0 Å². The van der Waals surface area contributed by atoms with Gasteiger partial charge >= 0.3 is 5.97 Å². The van der Waals surface area contributed by atoms with E-state index in [9.17, 15) is 4.79 Å². The molecule has 0 aromatic carbocycles. The molecule has 0 saturated heterocycles. The lowest BCUT2D eigenvalue weighted by Gasteiger charge is -2.40. The first-order chi connectivity index (χ1) is 10.7. The van der Waals surface area contributed by atoms with Crippen LogP contribution in [0.2, 0.25) is 18.1 Å². The van der Waals surface area contributed by atoms with E-state index in [1.165, 1.54) is 6.08 Å². The molecule has 0 bridgehead atoms. The van der Waals surface area contributed by atoms with E-state index >= 15 is 0 Å². The smallest absolute Gasteiger partial charge is 0.332 e. The molecule has 0 spiro atoms. The minimum absolute atomic E-state index is 0.108. The molecule has 0 heterocycles. The topological polar surface area (TPSA) is 51.1 Å². The highest BCUT2D eigenvalue weighted by Gasteiger charge is 2.39. The Labute approximate surface area is 149 Å². The van der Waals surface area contributed by atoms with Crippen LogP contribution in [0, 0.1) is 0 Å². The Morgan fingerprint density at radius 1 is 1.21 bits per heavy atom. The van der Waals surface area contributed by atoms with Crippen LogP contribution in [0.25, 0.3) is 0 Å². The van der Waals surface area contributed by atoms with Gasteiger partial charge in [-0.25, -0.2) is 9.80 Å². The zero-order valence-corrected chi connectivity index (χ0v) is 18.1. The van der Waals surface area contributed by atoms with E-state index in [0.717, 1.165) is 6.42 Å². The predicted molar refractivity (Wildman–Crippen MR) is 103 cm³/mol. The van der Waals surface area contributed by atoms with Crippen molar-refractivity contribution in [3.05, 3.63) is 12.3 Å². The summed E-state index contributed by atoms with van der Waals surface area (Å²) < 4.78 is 11.7. The molecule has 0 rings (SSSR count). The van der Waals surface area contributed by atoms with E-state index in [4.69, 9.17) is 9.16 Å². The third-order valence-corrected chi connectivity index (χ3v) is 8.37. The monoisotopic (exact) mass is 356 g/mol. The van der Waals surface area contributed by atoms with E-state index in [1.807, 2.05) is 27.7 Å². The fraction of sp³-hybridized carbons (Fsp3) is 0.778. The van der Waals surface area contributed by atoms with Crippen LogP contribution < -0.4 is 0 Å². The second kappa shape index (κ2) is 8.81. The SMILES string of the molecule is C/C=N\N(/C=C\C(=O)OC(C)(C)C)C(CC)O[Si](C)(C)C(C)(C)C. The summed E-state index contributed by atoms with van der Waals surface area (Å²) in [6.07, 6.45) is 5.28. The van der Waals surface area contributed by atoms with Gasteiger partial charge in [-0.15, -0.1) is 0 Å². The van der Waals surface area contributed by atoms with Crippen LogP contribution in [-0.2, 0) is 14.0 Å². The second-order valence-electron chi connectivity index (χ2n) is 8.34. The number of rotatable bonds is 7. The number of hydrogen-bond acceptors (Lipinski definition) is 5. The summed E-state index contributed by atoms with van der Waals surface area (Å²) in [4.78, 5) is 11.9. The highest BCUT2D eigenvalue weighted by Crippen LogP contribution is 2.38. The van der Waals surface area contributed by atoms with Gasteiger partial charge in [0.15, 0.2) is 8.32 Å². The Morgan fingerprint density at radius 2 is 1.75 bits per heavy atom. The van der Waals surface area contributed by atoms with Crippen molar-refractivity contribution in [1.29, 1.82) is 0 Å². The van der Waals surface area contributed by atoms with Crippen molar-refractivity contribution in [3.63, 3.8) is 0 Å². The second-order valence-corrected chi connectivity index (χ2v) is 13.1. The Hall–Kier alpha value is -1.14. The average molecular weight is 357 g/mol. The molecule has 5 nitrogen and oxygen atoms in total. The maximum atomic E-state index is 11.9. The summed E-state index contributed by atoms with van der Waals surface area (Å²) in [5, 5.41) is 6.15. The first-order valence-electron chi connectivity index (χ1n) is 8.59. The van der Waals surface area contributed by atoms with Crippen molar-refractivity contribution >= 4 is 20.5 Å². The summed E-state index contributed by atoms with van der Waals surface area (Å²) in [6, 6.07) is 0. The number of hydrazone groups is 1. The highest BCUT2D eigenvalue weighted by molar-refractivity contribution is 6.74. The van der Waals surface area contributed by atoms with E-state index in [-0.39, 0.29) is 17.2 Å². The molecule has 0 saturated carbocycles. The van der Waals surface area contributed by atoms with Gasteiger partial charge in [-0.2, -0.15) is 5.10 Å². The van der Waals surface area contributed by atoms with Gasteiger partial charge in [-0.1, -0.05) is 27.7 Å². The summed E-state index contributed by atoms with van der Waals surface area (Å²) in [5.41, 5.74) is -0.512. The summed E-state index contributed by atoms with van der Waals surface area (Å²) in [5.74, 6) is -0.388. The van der Waals surface area contributed by atoms with Gasteiger partial charge in [0.2, 0.25) is 0 Å². The average Bonchev–Trinajstić information content (AvgIpc) is 2.37. The molecule has 0 N–H and O–H groups in total. The largest absolute Gasteiger partial charge is 0.457 e. The van der Waals surface area contributed by atoms with Gasteiger partial charge in [-0.3, -0.25) is 0 Å². The number of carbonyl (C=O) groups excluding carboxylic acids is 1. The maximum absolute atomic E-state index is 11.9. The van der Waals surface area contributed by atoms with Crippen LogP contribution in [0.3, 0.4) is 0 Å². The molecule has 0 radical (unpaired) electrons. The zero-order chi connectivity index (χ0) is 19.2. The summed E-state index contributed by atoms with van der Waals surface area (Å²) >= 11 is 0. The predicted octanol–water partition coefficient (Wildman–Crippen LogP) is 4.91. The number of hydrogen-bond donors (Lipinski definition) is 0. The molecule has 1 unspecified atom stereocenters. The van der Waals surface area contributed by atoms with E-state index < -0.39 is 13.9 Å². The molecule has 0 fully saturated rings. The number of esters is 1. The summed E-state index contributed by atoms with van der Waals surface area (Å²) in [6.45, 7) is 20.5. The fourth-order valence-corrected chi connectivity index (χ4v) is 2.96. The first-order valence-corrected chi connectivity index (χ1v) is 11.5.